The van der Waals surface area contributed by atoms with Crippen molar-refractivity contribution in [3.8, 4) is 5.75 Å². The summed E-state index contributed by atoms with van der Waals surface area (Å²) in [5.74, 6) is 3.14. The Hall–Kier alpha value is -2.34. The van der Waals surface area contributed by atoms with Crippen molar-refractivity contribution >= 4 is 11.6 Å². The molecular weight excluding hydrogens is 340 g/mol. The molecular formula is C21H30N4O2. The average molecular weight is 370 g/mol. The molecule has 1 fully saturated rings. The fraction of sp³-hybridized carbons (Fsp3) is 0.524. The van der Waals surface area contributed by atoms with E-state index in [-0.39, 0.29) is 6.61 Å². The van der Waals surface area contributed by atoms with Crippen molar-refractivity contribution < 1.29 is 9.84 Å². The summed E-state index contributed by atoms with van der Waals surface area (Å²) in [6.45, 7) is 3.05. The van der Waals surface area contributed by atoms with Gasteiger partial charge in [-0.1, -0.05) is 12.1 Å². The van der Waals surface area contributed by atoms with Gasteiger partial charge >= 0.3 is 0 Å². The first-order chi connectivity index (χ1) is 13.2. The summed E-state index contributed by atoms with van der Waals surface area (Å²) in [5, 5.41) is 9.44. The quantitative estimate of drug-likeness (QED) is 0.771. The van der Waals surface area contributed by atoms with Gasteiger partial charge in [-0.15, -0.1) is 0 Å². The Morgan fingerprint density at radius 3 is 2.81 bits per heavy atom. The lowest BCUT2D eigenvalue weighted by Crippen LogP contribution is -2.37. The van der Waals surface area contributed by atoms with Crippen LogP contribution in [-0.2, 0) is 6.42 Å². The van der Waals surface area contributed by atoms with Crippen molar-refractivity contribution in [2.75, 3.05) is 50.2 Å². The molecule has 146 valence electrons. The first-order valence-corrected chi connectivity index (χ1v) is 9.71. The van der Waals surface area contributed by atoms with Crippen LogP contribution >= 0.6 is 0 Å². The molecule has 1 aromatic carbocycles. The molecule has 0 spiro atoms. The van der Waals surface area contributed by atoms with Crippen molar-refractivity contribution in [3.05, 3.63) is 42.2 Å². The normalized spacial score (nSPS) is 17.0. The Balaban J connectivity index is 1.54. The van der Waals surface area contributed by atoms with Crippen molar-refractivity contribution in [1.82, 2.24) is 9.97 Å². The highest BCUT2D eigenvalue weighted by atomic mass is 16.5. The number of piperidine rings is 1. The second-order valence-corrected chi connectivity index (χ2v) is 7.24. The standard InChI is InChI=1S/C21H30N4O2/c1-24(11-3-5-17-7-9-19(27-2)10-8-17)20-13-21(23-16-22-20)25-12-4-6-18(14-25)15-26/h7-10,13,16,18,26H,3-6,11-12,14-15H2,1-2H3. The van der Waals surface area contributed by atoms with Gasteiger partial charge in [-0.25, -0.2) is 9.97 Å². The lowest BCUT2D eigenvalue weighted by atomic mass is 9.99. The van der Waals surface area contributed by atoms with E-state index in [1.165, 1.54) is 5.56 Å². The largest absolute Gasteiger partial charge is 0.497 e. The summed E-state index contributed by atoms with van der Waals surface area (Å²) in [5.41, 5.74) is 1.32. The SMILES string of the molecule is COc1ccc(CCCN(C)c2cc(N3CCCC(CO)C3)ncn2)cc1. The molecule has 1 aliphatic rings. The fourth-order valence-corrected chi connectivity index (χ4v) is 3.57. The minimum atomic E-state index is 0.250. The van der Waals surface area contributed by atoms with Crippen LogP contribution in [0.25, 0.3) is 0 Å². The molecule has 27 heavy (non-hydrogen) atoms. The van der Waals surface area contributed by atoms with Gasteiger partial charge in [0.25, 0.3) is 0 Å². The van der Waals surface area contributed by atoms with Crippen molar-refractivity contribution in [2.24, 2.45) is 5.92 Å². The molecule has 6 nitrogen and oxygen atoms in total. The van der Waals surface area contributed by atoms with Crippen LogP contribution < -0.4 is 14.5 Å². The van der Waals surface area contributed by atoms with E-state index in [1.807, 2.05) is 12.1 Å². The number of benzene rings is 1. The molecule has 1 unspecified atom stereocenters. The monoisotopic (exact) mass is 370 g/mol. The third-order valence-corrected chi connectivity index (χ3v) is 5.25. The van der Waals surface area contributed by atoms with Crippen LogP contribution in [-0.4, -0.2) is 55.5 Å². The van der Waals surface area contributed by atoms with Crippen LogP contribution in [0.2, 0.25) is 0 Å². The Kier molecular flexibility index (Phi) is 6.87. The molecule has 1 aromatic heterocycles. The van der Waals surface area contributed by atoms with E-state index in [0.717, 1.165) is 62.7 Å². The maximum absolute atomic E-state index is 9.44. The van der Waals surface area contributed by atoms with E-state index in [4.69, 9.17) is 4.74 Å². The van der Waals surface area contributed by atoms with Crippen LogP contribution in [0.3, 0.4) is 0 Å². The molecule has 2 heterocycles. The summed E-state index contributed by atoms with van der Waals surface area (Å²) in [6.07, 6.45) is 5.92. The maximum Gasteiger partial charge on any atom is 0.134 e. The molecule has 0 aliphatic carbocycles. The molecule has 1 aliphatic heterocycles. The number of aryl methyl sites for hydroxylation is 1. The number of rotatable bonds is 8. The Morgan fingerprint density at radius 2 is 2.07 bits per heavy atom. The minimum Gasteiger partial charge on any atom is -0.497 e. The van der Waals surface area contributed by atoms with E-state index in [0.29, 0.717) is 5.92 Å². The number of hydrogen-bond acceptors (Lipinski definition) is 6. The zero-order valence-corrected chi connectivity index (χ0v) is 16.3. The minimum absolute atomic E-state index is 0.250. The third kappa shape index (κ3) is 5.32. The highest BCUT2D eigenvalue weighted by Gasteiger charge is 2.20. The number of ether oxygens (including phenoxy) is 1. The number of nitrogens with zero attached hydrogens (tertiary/aromatic N) is 4. The average Bonchev–Trinajstić information content (AvgIpc) is 2.74. The van der Waals surface area contributed by atoms with Crippen LogP contribution in [0.5, 0.6) is 5.75 Å². The molecule has 0 saturated carbocycles. The Labute approximate surface area is 161 Å². The molecule has 1 atom stereocenters. The van der Waals surface area contributed by atoms with Crippen LogP contribution in [0.1, 0.15) is 24.8 Å². The smallest absolute Gasteiger partial charge is 0.134 e. The predicted molar refractivity (Wildman–Crippen MR) is 109 cm³/mol. The highest BCUT2D eigenvalue weighted by molar-refractivity contribution is 5.50. The van der Waals surface area contributed by atoms with E-state index < -0.39 is 0 Å². The highest BCUT2D eigenvalue weighted by Crippen LogP contribution is 2.23. The van der Waals surface area contributed by atoms with Crippen molar-refractivity contribution in [2.45, 2.75) is 25.7 Å². The van der Waals surface area contributed by atoms with Crippen LogP contribution in [0.15, 0.2) is 36.7 Å². The van der Waals surface area contributed by atoms with Crippen molar-refractivity contribution in [1.29, 1.82) is 0 Å². The molecule has 0 radical (unpaired) electrons. The Bertz CT molecular complexity index is 708. The van der Waals surface area contributed by atoms with Crippen LogP contribution in [0, 0.1) is 5.92 Å². The molecule has 6 heteroatoms. The number of methoxy groups -OCH3 is 1. The van der Waals surface area contributed by atoms with Gasteiger partial charge in [0, 0.05) is 39.4 Å². The van der Waals surface area contributed by atoms with Gasteiger partial charge in [0.1, 0.15) is 23.7 Å². The fourth-order valence-electron chi connectivity index (χ4n) is 3.57. The maximum atomic E-state index is 9.44. The van der Waals surface area contributed by atoms with E-state index >= 15 is 0 Å². The first-order valence-electron chi connectivity index (χ1n) is 9.71. The summed E-state index contributed by atoms with van der Waals surface area (Å²) < 4.78 is 5.20. The molecule has 0 amide bonds. The van der Waals surface area contributed by atoms with E-state index in [2.05, 4.69) is 45.0 Å². The van der Waals surface area contributed by atoms with Crippen molar-refractivity contribution in [3.63, 3.8) is 0 Å². The molecule has 1 N–H and O–H groups in total. The summed E-state index contributed by atoms with van der Waals surface area (Å²) in [4.78, 5) is 13.3. The van der Waals surface area contributed by atoms with Gasteiger partial charge in [-0.3, -0.25) is 0 Å². The van der Waals surface area contributed by atoms with Gasteiger partial charge < -0.3 is 19.6 Å². The van der Waals surface area contributed by atoms with Gasteiger partial charge in [-0.05, 0) is 49.3 Å². The van der Waals surface area contributed by atoms with Gasteiger partial charge in [-0.2, -0.15) is 0 Å². The third-order valence-electron chi connectivity index (χ3n) is 5.25. The second-order valence-electron chi connectivity index (χ2n) is 7.24. The molecule has 2 aromatic rings. The summed E-state index contributed by atoms with van der Waals surface area (Å²) in [7, 11) is 3.76. The molecule has 1 saturated heterocycles. The molecule has 3 rings (SSSR count). The number of hydrogen-bond donors (Lipinski definition) is 1. The van der Waals surface area contributed by atoms with E-state index in [9.17, 15) is 5.11 Å². The van der Waals surface area contributed by atoms with E-state index in [1.54, 1.807) is 13.4 Å². The second kappa shape index (κ2) is 9.55. The molecule has 0 bridgehead atoms. The van der Waals surface area contributed by atoms with Crippen LogP contribution in [0.4, 0.5) is 11.6 Å². The Morgan fingerprint density at radius 1 is 1.26 bits per heavy atom. The lowest BCUT2D eigenvalue weighted by molar-refractivity contribution is 0.208. The summed E-state index contributed by atoms with van der Waals surface area (Å²) >= 11 is 0. The predicted octanol–water partition coefficient (Wildman–Crippen LogP) is 2.76. The first kappa shape index (κ1) is 19.4. The topological polar surface area (TPSA) is 61.7 Å². The number of aliphatic hydroxyl groups excluding tert-OH is 1. The summed E-state index contributed by atoms with van der Waals surface area (Å²) in [6, 6.07) is 10.3. The van der Waals surface area contributed by atoms with Gasteiger partial charge in [0.15, 0.2) is 0 Å². The number of anilines is 2. The zero-order valence-electron chi connectivity index (χ0n) is 16.3. The van der Waals surface area contributed by atoms with Gasteiger partial charge in [0.05, 0.1) is 7.11 Å². The number of aromatic nitrogens is 2. The lowest BCUT2D eigenvalue weighted by Gasteiger charge is -2.33. The van der Waals surface area contributed by atoms with Gasteiger partial charge in [0.2, 0.25) is 0 Å². The number of aliphatic hydroxyl groups is 1. The zero-order chi connectivity index (χ0) is 19.1.